The third-order valence-electron chi connectivity index (χ3n) is 9.45. The van der Waals surface area contributed by atoms with E-state index in [0.717, 1.165) is 106 Å². The summed E-state index contributed by atoms with van der Waals surface area (Å²) < 4.78 is 58.9. The van der Waals surface area contributed by atoms with Gasteiger partial charge in [-0.3, -0.25) is 0 Å². The molecule has 0 amide bonds. The van der Waals surface area contributed by atoms with E-state index in [2.05, 4.69) is 13.2 Å². The average Bonchev–Trinajstić information content (AvgIpc) is 3.30. The first-order valence-corrected chi connectivity index (χ1v) is 21.3. The van der Waals surface area contributed by atoms with Gasteiger partial charge in [-0.1, -0.05) is 31.4 Å². The molecule has 0 saturated carbocycles. The summed E-state index contributed by atoms with van der Waals surface area (Å²) in [6.07, 6.45) is 13.0. The molecule has 0 unspecified atom stereocenters. The Morgan fingerprint density at radius 2 is 0.823 bits per heavy atom. The fourth-order valence-corrected chi connectivity index (χ4v) is 5.98. The predicted octanol–water partition coefficient (Wildman–Crippen LogP) is 11.0. The van der Waals surface area contributed by atoms with Crippen molar-refractivity contribution >= 4 is 17.9 Å². The van der Waals surface area contributed by atoms with Gasteiger partial charge in [-0.15, -0.1) is 0 Å². The maximum absolute atomic E-state index is 14.9. The lowest BCUT2D eigenvalue weighted by atomic mass is 10.1. The third-order valence-corrected chi connectivity index (χ3v) is 9.45. The molecule has 0 atom stereocenters. The molecule has 11 nitrogen and oxygen atoms in total. The lowest BCUT2D eigenvalue weighted by Gasteiger charge is -2.12. The Hall–Kier alpha value is -6.30. The molecule has 0 radical (unpaired) electrons. The number of rotatable bonds is 32. The highest BCUT2D eigenvalue weighted by Crippen LogP contribution is 2.28. The summed E-state index contributed by atoms with van der Waals surface area (Å²) in [6, 6.07) is 26.4. The molecule has 0 fully saturated rings. The summed E-state index contributed by atoms with van der Waals surface area (Å²) in [5, 5.41) is 0. The largest absolute Gasteiger partial charge is 0.494 e. The van der Waals surface area contributed by atoms with Gasteiger partial charge in [-0.2, -0.15) is 0 Å². The number of esters is 3. The minimum atomic E-state index is -0.495. The van der Waals surface area contributed by atoms with Crippen LogP contribution in [-0.2, 0) is 23.8 Å². The zero-order chi connectivity index (χ0) is 44.0. The number of carbonyl (C=O) groups is 3. The van der Waals surface area contributed by atoms with Gasteiger partial charge in [0.15, 0.2) is 11.6 Å². The summed E-state index contributed by atoms with van der Waals surface area (Å²) in [5.74, 6) is 1.17. The van der Waals surface area contributed by atoms with Gasteiger partial charge in [0.1, 0.15) is 23.0 Å². The molecule has 0 aliphatic rings. The van der Waals surface area contributed by atoms with Crippen LogP contribution in [0, 0.1) is 5.82 Å². The van der Waals surface area contributed by atoms with Crippen molar-refractivity contribution in [1.29, 1.82) is 0 Å². The highest BCUT2D eigenvalue weighted by Gasteiger charge is 2.10. The lowest BCUT2D eigenvalue weighted by molar-refractivity contribution is -0.138. The SMILES string of the molecule is C=CC(=O)OCCCCCCOc1ccc(OCOc2ccc(-c3ccc(OCCCCCCOC(=O)c4ccc(OCCCCCCOC(=O)C=C)cc4)cc3)cc2F)cc1. The Kier molecular flexibility index (Phi) is 22.7. The first kappa shape index (κ1) is 48.4. The summed E-state index contributed by atoms with van der Waals surface area (Å²) >= 11 is 0. The van der Waals surface area contributed by atoms with E-state index in [1.165, 1.54) is 6.07 Å². The van der Waals surface area contributed by atoms with Crippen molar-refractivity contribution in [1.82, 2.24) is 0 Å². The van der Waals surface area contributed by atoms with E-state index in [9.17, 15) is 18.8 Å². The van der Waals surface area contributed by atoms with Crippen molar-refractivity contribution in [3.8, 4) is 39.9 Å². The molecule has 0 aromatic heterocycles. The molecule has 0 spiro atoms. The Labute approximate surface area is 364 Å². The highest BCUT2D eigenvalue weighted by molar-refractivity contribution is 5.89. The number of hydrogen-bond donors (Lipinski definition) is 0. The van der Waals surface area contributed by atoms with Crippen molar-refractivity contribution in [3.63, 3.8) is 0 Å². The highest BCUT2D eigenvalue weighted by atomic mass is 19.1. The molecule has 0 aliphatic heterocycles. The minimum absolute atomic E-state index is 0.0881. The molecular formula is C50H59FO11. The normalized spacial score (nSPS) is 10.6. The number of carbonyl (C=O) groups excluding carboxylic acids is 3. The molecule has 4 aromatic carbocycles. The number of ether oxygens (including phenoxy) is 8. The third kappa shape index (κ3) is 19.4. The first-order chi connectivity index (χ1) is 30.3. The quantitative estimate of drug-likeness (QED) is 0.0153. The summed E-state index contributed by atoms with van der Waals surface area (Å²) in [5.41, 5.74) is 2.04. The van der Waals surface area contributed by atoms with E-state index < -0.39 is 17.8 Å². The fraction of sp³-hybridized carbons (Fsp3) is 0.380. The van der Waals surface area contributed by atoms with Crippen molar-refractivity contribution < 1.29 is 56.7 Å². The molecule has 0 N–H and O–H groups in total. The second-order valence-corrected chi connectivity index (χ2v) is 14.2. The summed E-state index contributed by atoms with van der Waals surface area (Å²) in [6.45, 7) is 9.44. The second-order valence-electron chi connectivity index (χ2n) is 14.2. The molecule has 0 aliphatic carbocycles. The zero-order valence-corrected chi connectivity index (χ0v) is 35.5. The van der Waals surface area contributed by atoms with Crippen LogP contribution in [0.5, 0.6) is 28.7 Å². The molecule has 0 heterocycles. The minimum Gasteiger partial charge on any atom is -0.494 e. The smallest absolute Gasteiger partial charge is 0.338 e. The second kappa shape index (κ2) is 29.0. The lowest BCUT2D eigenvalue weighted by Crippen LogP contribution is -2.07. The van der Waals surface area contributed by atoms with E-state index in [4.69, 9.17) is 37.9 Å². The van der Waals surface area contributed by atoms with Gasteiger partial charge < -0.3 is 37.9 Å². The molecular weight excluding hydrogens is 796 g/mol. The molecule has 332 valence electrons. The average molecular weight is 855 g/mol. The van der Waals surface area contributed by atoms with Gasteiger partial charge in [-0.05, 0) is 161 Å². The molecule has 62 heavy (non-hydrogen) atoms. The molecule has 0 bridgehead atoms. The fourth-order valence-electron chi connectivity index (χ4n) is 5.98. The monoisotopic (exact) mass is 854 g/mol. The first-order valence-electron chi connectivity index (χ1n) is 21.3. The van der Waals surface area contributed by atoms with Crippen LogP contribution in [0.4, 0.5) is 4.39 Å². The Morgan fingerprint density at radius 3 is 1.27 bits per heavy atom. The maximum Gasteiger partial charge on any atom is 0.338 e. The van der Waals surface area contributed by atoms with E-state index in [-0.39, 0.29) is 18.5 Å². The summed E-state index contributed by atoms with van der Waals surface area (Å²) in [7, 11) is 0. The van der Waals surface area contributed by atoms with Crippen LogP contribution in [0.15, 0.2) is 116 Å². The van der Waals surface area contributed by atoms with Gasteiger partial charge in [0.25, 0.3) is 0 Å². The predicted molar refractivity (Wildman–Crippen MR) is 235 cm³/mol. The van der Waals surface area contributed by atoms with Gasteiger partial charge in [0, 0.05) is 12.2 Å². The standard InChI is InChI=1S/C50H59FO11/c1-3-48(52)58-34-14-8-5-11-32-56-43-24-19-40(20-25-43)50(54)60-36-16-10-7-13-31-55-42-22-17-39(18-23-42)41-21-30-47(46(51)37-41)62-38-61-45-28-26-44(27-29-45)57-33-12-6-9-15-35-59-49(53)4-2/h3-4,17-30,37H,1-2,5-16,31-36,38H2. The van der Waals surface area contributed by atoms with Crippen molar-refractivity contribution in [2.75, 3.05) is 46.4 Å². The van der Waals surface area contributed by atoms with Crippen molar-refractivity contribution in [2.45, 2.75) is 77.0 Å². The topological polar surface area (TPSA) is 125 Å². The van der Waals surface area contributed by atoms with Crippen LogP contribution >= 0.6 is 0 Å². The van der Waals surface area contributed by atoms with Crippen molar-refractivity contribution in [3.05, 3.63) is 128 Å². The van der Waals surface area contributed by atoms with Crippen LogP contribution in [0.2, 0.25) is 0 Å². The Morgan fingerprint density at radius 1 is 0.435 bits per heavy atom. The van der Waals surface area contributed by atoms with Crippen LogP contribution in [0.25, 0.3) is 11.1 Å². The summed E-state index contributed by atoms with van der Waals surface area (Å²) in [4.78, 5) is 34.5. The van der Waals surface area contributed by atoms with Crippen LogP contribution in [-0.4, -0.2) is 64.3 Å². The number of hydrogen-bond acceptors (Lipinski definition) is 11. The van der Waals surface area contributed by atoms with Gasteiger partial charge >= 0.3 is 17.9 Å². The Bertz CT molecular complexity index is 1930. The van der Waals surface area contributed by atoms with Gasteiger partial charge in [0.2, 0.25) is 6.79 Å². The maximum atomic E-state index is 14.9. The zero-order valence-electron chi connectivity index (χ0n) is 35.5. The molecule has 4 rings (SSSR count). The van der Waals surface area contributed by atoms with E-state index in [1.54, 1.807) is 48.5 Å². The number of benzene rings is 4. The van der Waals surface area contributed by atoms with Crippen LogP contribution in [0.1, 0.15) is 87.4 Å². The van der Waals surface area contributed by atoms with Crippen LogP contribution < -0.4 is 23.7 Å². The number of unbranched alkanes of at least 4 members (excludes halogenated alkanes) is 9. The Balaban J connectivity index is 1.01. The number of halogens is 1. The van der Waals surface area contributed by atoms with E-state index in [0.29, 0.717) is 62.3 Å². The molecule has 0 saturated heterocycles. The van der Waals surface area contributed by atoms with Gasteiger partial charge in [-0.25, -0.2) is 18.8 Å². The van der Waals surface area contributed by atoms with E-state index in [1.807, 2.05) is 36.4 Å². The molecule has 12 heteroatoms. The van der Waals surface area contributed by atoms with Crippen LogP contribution in [0.3, 0.4) is 0 Å². The van der Waals surface area contributed by atoms with E-state index >= 15 is 0 Å². The van der Waals surface area contributed by atoms with Crippen molar-refractivity contribution in [2.24, 2.45) is 0 Å². The van der Waals surface area contributed by atoms with Gasteiger partial charge in [0.05, 0.1) is 45.2 Å². The molecule has 4 aromatic rings.